The Morgan fingerprint density at radius 2 is 2.08 bits per heavy atom. The quantitative estimate of drug-likeness (QED) is 0.744. The molecule has 0 aliphatic heterocycles. The van der Waals surface area contributed by atoms with Gasteiger partial charge in [-0.25, -0.2) is 9.78 Å². The van der Waals surface area contributed by atoms with Crippen LogP contribution in [0.15, 0.2) is 53.3 Å². The summed E-state index contributed by atoms with van der Waals surface area (Å²) in [4.78, 5) is 20.7. The molecule has 2 aromatic heterocycles. The Morgan fingerprint density at radius 1 is 1.20 bits per heavy atom. The van der Waals surface area contributed by atoms with Gasteiger partial charge in [-0.1, -0.05) is 12.1 Å². The molecule has 6 heteroatoms. The van der Waals surface area contributed by atoms with Gasteiger partial charge in [-0.3, -0.25) is 4.98 Å². The Labute approximate surface area is 146 Å². The van der Waals surface area contributed by atoms with E-state index >= 15 is 0 Å². The molecule has 0 spiro atoms. The van der Waals surface area contributed by atoms with Gasteiger partial charge in [0.05, 0.1) is 5.69 Å². The number of oxazole rings is 1. The minimum absolute atomic E-state index is 0.250. The van der Waals surface area contributed by atoms with Crippen molar-refractivity contribution in [3.05, 3.63) is 65.8 Å². The number of benzene rings is 1. The zero-order valence-corrected chi connectivity index (χ0v) is 14.2. The number of amides is 2. The maximum absolute atomic E-state index is 12.1. The molecule has 2 N–H and O–H groups in total. The van der Waals surface area contributed by atoms with Gasteiger partial charge in [0.15, 0.2) is 0 Å². The first-order chi connectivity index (χ1) is 12.1. The molecule has 2 heterocycles. The molecule has 0 saturated carbocycles. The first-order valence-corrected chi connectivity index (χ1v) is 8.10. The summed E-state index contributed by atoms with van der Waals surface area (Å²) in [5, 5.41) is 5.71. The second-order valence-corrected chi connectivity index (χ2v) is 5.78. The number of aromatic nitrogens is 2. The van der Waals surface area contributed by atoms with E-state index in [-0.39, 0.29) is 6.03 Å². The lowest BCUT2D eigenvalue weighted by atomic mass is 10.1. The molecule has 0 unspecified atom stereocenters. The summed E-state index contributed by atoms with van der Waals surface area (Å²) in [5.74, 6) is 0.538. The van der Waals surface area contributed by atoms with Crippen molar-refractivity contribution in [1.29, 1.82) is 0 Å². The molecular formula is C19H20N4O2. The van der Waals surface area contributed by atoms with Crippen molar-refractivity contribution >= 4 is 11.7 Å². The fourth-order valence-corrected chi connectivity index (χ4v) is 2.39. The van der Waals surface area contributed by atoms with E-state index in [1.165, 1.54) is 0 Å². The van der Waals surface area contributed by atoms with Crippen molar-refractivity contribution in [1.82, 2.24) is 15.3 Å². The van der Waals surface area contributed by atoms with Crippen LogP contribution >= 0.6 is 0 Å². The summed E-state index contributed by atoms with van der Waals surface area (Å²) in [7, 11) is 0. The highest BCUT2D eigenvalue weighted by atomic mass is 16.3. The molecule has 6 nitrogen and oxygen atoms in total. The minimum atomic E-state index is -0.250. The van der Waals surface area contributed by atoms with Crippen LogP contribution in [-0.2, 0) is 6.42 Å². The molecule has 128 valence electrons. The van der Waals surface area contributed by atoms with Crippen molar-refractivity contribution in [2.45, 2.75) is 20.3 Å². The van der Waals surface area contributed by atoms with E-state index in [9.17, 15) is 4.79 Å². The van der Waals surface area contributed by atoms with Crippen molar-refractivity contribution in [2.75, 3.05) is 11.9 Å². The van der Waals surface area contributed by atoms with Crippen molar-refractivity contribution < 1.29 is 9.21 Å². The summed E-state index contributed by atoms with van der Waals surface area (Å²) in [6.45, 7) is 4.32. The number of carbonyl (C=O) groups excluding carboxylic acids is 1. The molecule has 0 bridgehead atoms. The maximum Gasteiger partial charge on any atom is 0.319 e. The SMILES string of the molecule is Cc1coc(-c2ccc(C)c(NC(=O)NCCc3ccccn3)c2)n1. The van der Waals surface area contributed by atoms with Crippen molar-refractivity contribution in [3.63, 3.8) is 0 Å². The van der Waals surface area contributed by atoms with Gasteiger partial charge >= 0.3 is 6.03 Å². The molecule has 3 aromatic rings. The third kappa shape index (κ3) is 4.44. The molecule has 1 aromatic carbocycles. The molecule has 0 atom stereocenters. The van der Waals surface area contributed by atoms with Gasteiger partial charge in [-0.15, -0.1) is 0 Å². The number of nitrogens with one attached hydrogen (secondary N) is 2. The van der Waals surface area contributed by atoms with E-state index in [2.05, 4.69) is 20.6 Å². The van der Waals surface area contributed by atoms with Crippen LogP contribution in [0.5, 0.6) is 0 Å². The van der Waals surface area contributed by atoms with E-state index in [1.54, 1.807) is 12.5 Å². The fourth-order valence-electron chi connectivity index (χ4n) is 2.39. The number of pyridine rings is 1. The number of hydrogen-bond acceptors (Lipinski definition) is 4. The number of nitrogens with zero attached hydrogens (tertiary/aromatic N) is 2. The maximum atomic E-state index is 12.1. The molecule has 2 amide bonds. The number of carbonyl (C=O) groups is 1. The molecule has 0 fully saturated rings. The lowest BCUT2D eigenvalue weighted by Crippen LogP contribution is -2.30. The van der Waals surface area contributed by atoms with Crippen molar-refractivity contribution in [3.8, 4) is 11.5 Å². The third-order valence-corrected chi connectivity index (χ3v) is 3.74. The second-order valence-electron chi connectivity index (χ2n) is 5.78. The Bertz CT molecular complexity index is 859. The highest BCUT2D eigenvalue weighted by molar-refractivity contribution is 5.90. The summed E-state index contributed by atoms with van der Waals surface area (Å²) in [6.07, 6.45) is 4.03. The largest absolute Gasteiger partial charge is 0.444 e. The van der Waals surface area contributed by atoms with E-state index in [1.807, 2.05) is 50.2 Å². The van der Waals surface area contributed by atoms with Gasteiger partial charge in [-0.05, 0) is 43.7 Å². The van der Waals surface area contributed by atoms with Gasteiger partial charge in [-0.2, -0.15) is 0 Å². The topological polar surface area (TPSA) is 80.0 Å². The highest BCUT2D eigenvalue weighted by Crippen LogP contribution is 2.24. The molecule has 25 heavy (non-hydrogen) atoms. The summed E-state index contributed by atoms with van der Waals surface area (Å²) >= 11 is 0. The summed E-state index contributed by atoms with van der Waals surface area (Å²) in [5.41, 5.74) is 4.27. The lowest BCUT2D eigenvalue weighted by molar-refractivity contribution is 0.252. The van der Waals surface area contributed by atoms with Crippen LogP contribution in [0.1, 0.15) is 17.0 Å². The first-order valence-electron chi connectivity index (χ1n) is 8.10. The van der Waals surface area contributed by atoms with Crippen LogP contribution in [0, 0.1) is 13.8 Å². The summed E-state index contributed by atoms with van der Waals surface area (Å²) in [6, 6.07) is 11.2. The van der Waals surface area contributed by atoms with Gasteiger partial charge in [0, 0.05) is 36.1 Å². The Kier molecular flexibility index (Phi) is 5.09. The van der Waals surface area contributed by atoms with E-state index in [4.69, 9.17) is 4.42 Å². The predicted molar refractivity (Wildman–Crippen MR) is 96.4 cm³/mol. The zero-order chi connectivity index (χ0) is 17.6. The van der Waals surface area contributed by atoms with Gasteiger partial charge in [0.25, 0.3) is 0 Å². The van der Waals surface area contributed by atoms with Gasteiger partial charge < -0.3 is 15.1 Å². The fraction of sp³-hybridized carbons (Fsp3) is 0.211. The standard InChI is InChI=1S/C19H20N4O2/c1-13-6-7-15(18-22-14(2)12-25-18)11-17(13)23-19(24)21-10-8-16-5-3-4-9-20-16/h3-7,9,11-12H,8,10H2,1-2H3,(H2,21,23,24). The van der Waals surface area contributed by atoms with Crippen molar-refractivity contribution in [2.24, 2.45) is 0 Å². The van der Waals surface area contributed by atoms with E-state index in [0.29, 0.717) is 18.9 Å². The molecule has 0 aliphatic carbocycles. The predicted octanol–water partition coefficient (Wildman–Crippen LogP) is 3.72. The highest BCUT2D eigenvalue weighted by Gasteiger charge is 2.09. The van der Waals surface area contributed by atoms with Gasteiger partial charge in [0.2, 0.25) is 5.89 Å². The molecule has 0 aliphatic rings. The first kappa shape index (κ1) is 16.7. The van der Waals surface area contributed by atoms with Crippen LogP contribution in [0.4, 0.5) is 10.5 Å². The number of rotatable bonds is 5. The number of aryl methyl sites for hydroxylation is 2. The van der Waals surface area contributed by atoms with Gasteiger partial charge in [0.1, 0.15) is 6.26 Å². The number of urea groups is 1. The van der Waals surface area contributed by atoms with Crippen LogP contribution in [-0.4, -0.2) is 22.5 Å². The van der Waals surface area contributed by atoms with Crippen LogP contribution < -0.4 is 10.6 Å². The lowest BCUT2D eigenvalue weighted by Gasteiger charge is -2.11. The Hall–Kier alpha value is -3.15. The van der Waals surface area contributed by atoms with Crippen LogP contribution in [0.3, 0.4) is 0 Å². The van der Waals surface area contributed by atoms with Crippen LogP contribution in [0.25, 0.3) is 11.5 Å². The second kappa shape index (κ2) is 7.61. The minimum Gasteiger partial charge on any atom is -0.444 e. The molecule has 0 radical (unpaired) electrons. The number of anilines is 1. The van der Waals surface area contributed by atoms with Crippen LogP contribution in [0.2, 0.25) is 0 Å². The van der Waals surface area contributed by atoms with E-state index in [0.717, 1.165) is 28.2 Å². The molecular weight excluding hydrogens is 316 g/mol. The average Bonchev–Trinajstić information content (AvgIpc) is 3.04. The molecule has 0 saturated heterocycles. The Morgan fingerprint density at radius 3 is 2.80 bits per heavy atom. The summed E-state index contributed by atoms with van der Waals surface area (Å²) < 4.78 is 5.42. The van der Waals surface area contributed by atoms with E-state index < -0.39 is 0 Å². The smallest absolute Gasteiger partial charge is 0.319 e. The zero-order valence-electron chi connectivity index (χ0n) is 14.2. The molecule has 3 rings (SSSR count). The third-order valence-electron chi connectivity index (χ3n) is 3.74. The normalized spacial score (nSPS) is 10.5. The average molecular weight is 336 g/mol. The Balaban J connectivity index is 1.60. The number of hydrogen-bond donors (Lipinski definition) is 2. The monoisotopic (exact) mass is 336 g/mol.